The Labute approximate surface area is 219 Å². The van der Waals surface area contributed by atoms with Crippen molar-refractivity contribution < 1.29 is 0 Å². The molecule has 0 spiro atoms. The van der Waals surface area contributed by atoms with Crippen LogP contribution in [-0.4, -0.2) is 11.9 Å². The molecule has 0 saturated carbocycles. The third-order valence-electron chi connectivity index (χ3n) is 5.56. The lowest BCUT2D eigenvalue weighted by Crippen LogP contribution is -2.00. The van der Waals surface area contributed by atoms with Gasteiger partial charge in [-0.3, -0.25) is 9.98 Å². The SMILES string of the molecule is C=C(C)c1cc(C)c(N=CC)cc1CN=C(C)c1ccccc1C.CCC.CCc1ccc(N)cc1. The lowest BCUT2D eigenvalue weighted by molar-refractivity contribution is 1.05. The average Bonchev–Trinajstić information content (AvgIpc) is 2.85. The summed E-state index contributed by atoms with van der Waals surface area (Å²) >= 11 is 0. The van der Waals surface area contributed by atoms with Gasteiger partial charge in [0.1, 0.15) is 0 Å². The maximum Gasteiger partial charge on any atom is 0.0658 e. The molecule has 0 aliphatic carbocycles. The van der Waals surface area contributed by atoms with Gasteiger partial charge >= 0.3 is 0 Å². The van der Waals surface area contributed by atoms with Gasteiger partial charge in [-0.15, -0.1) is 0 Å². The van der Waals surface area contributed by atoms with E-state index in [4.69, 9.17) is 10.7 Å². The lowest BCUT2D eigenvalue weighted by atomic mass is 9.98. The van der Waals surface area contributed by atoms with Crippen LogP contribution in [0.1, 0.15) is 81.3 Å². The minimum Gasteiger partial charge on any atom is -0.399 e. The summed E-state index contributed by atoms with van der Waals surface area (Å²) in [5, 5.41) is 0. The smallest absolute Gasteiger partial charge is 0.0658 e. The molecule has 0 fully saturated rings. The van der Waals surface area contributed by atoms with Gasteiger partial charge in [0.15, 0.2) is 0 Å². The van der Waals surface area contributed by atoms with Gasteiger partial charge in [0.2, 0.25) is 0 Å². The molecule has 0 aliphatic heterocycles. The highest BCUT2D eigenvalue weighted by Gasteiger charge is 2.08. The van der Waals surface area contributed by atoms with Crippen molar-refractivity contribution >= 4 is 28.9 Å². The fourth-order valence-corrected chi connectivity index (χ4v) is 3.57. The van der Waals surface area contributed by atoms with Gasteiger partial charge in [0.05, 0.1) is 12.2 Å². The molecule has 0 bridgehead atoms. The highest BCUT2D eigenvalue weighted by atomic mass is 14.7. The molecule has 0 aliphatic rings. The van der Waals surface area contributed by atoms with Crippen LogP contribution in [-0.2, 0) is 13.0 Å². The van der Waals surface area contributed by atoms with Crippen molar-refractivity contribution in [2.75, 3.05) is 5.73 Å². The quantitative estimate of drug-likeness (QED) is 0.275. The standard InChI is InChI=1S/C22H26N2.C8H11N.C3H8/c1-7-23-22-13-19(21(15(2)3)12-17(22)5)14-24-18(6)20-11-9-8-10-16(20)4;1-2-7-3-5-8(9)6-4-7;1-3-2/h7-13H,2,14H2,1,3-6H3;3-6H,2,9H2,1H3;3H2,1-2H3. The van der Waals surface area contributed by atoms with E-state index in [1.165, 1.54) is 34.2 Å². The van der Waals surface area contributed by atoms with Crippen molar-refractivity contribution in [2.24, 2.45) is 9.98 Å². The molecule has 2 N–H and O–H groups in total. The molecule has 0 saturated heterocycles. The van der Waals surface area contributed by atoms with E-state index >= 15 is 0 Å². The number of nitrogens with two attached hydrogens (primary N) is 1. The maximum atomic E-state index is 5.48. The molecule has 3 nitrogen and oxygen atoms in total. The molecular weight excluding hydrogens is 438 g/mol. The van der Waals surface area contributed by atoms with Crippen molar-refractivity contribution in [3.8, 4) is 0 Å². The molecule has 192 valence electrons. The molecule has 0 heterocycles. The number of allylic oxidation sites excluding steroid dienone is 1. The average molecular weight is 484 g/mol. The zero-order valence-electron chi connectivity index (χ0n) is 23.7. The van der Waals surface area contributed by atoms with E-state index in [0.29, 0.717) is 6.54 Å². The van der Waals surface area contributed by atoms with Crippen LogP contribution >= 0.6 is 0 Å². The highest BCUT2D eigenvalue weighted by Crippen LogP contribution is 2.28. The fraction of sp³-hybridized carbons (Fsp3) is 0.333. The Kier molecular flexibility index (Phi) is 13.8. The second-order valence-electron chi connectivity index (χ2n) is 8.98. The molecular formula is C33H45N3. The topological polar surface area (TPSA) is 50.7 Å². The first-order valence-electron chi connectivity index (χ1n) is 12.9. The van der Waals surface area contributed by atoms with Crippen LogP contribution in [0.15, 0.2) is 77.2 Å². The van der Waals surface area contributed by atoms with Gasteiger partial charge in [-0.05, 0) is 98.7 Å². The number of rotatable bonds is 6. The minimum atomic E-state index is 0.634. The van der Waals surface area contributed by atoms with Crippen molar-refractivity contribution in [1.82, 2.24) is 0 Å². The van der Waals surface area contributed by atoms with Crippen LogP contribution in [0.5, 0.6) is 0 Å². The Morgan fingerprint density at radius 1 is 0.889 bits per heavy atom. The van der Waals surface area contributed by atoms with Crippen LogP contribution in [0.25, 0.3) is 5.57 Å². The zero-order chi connectivity index (χ0) is 27.1. The summed E-state index contributed by atoms with van der Waals surface area (Å²) in [4.78, 5) is 9.29. The van der Waals surface area contributed by atoms with Crippen molar-refractivity contribution in [3.05, 3.63) is 101 Å². The number of anilines is 1. The largest absolute Gasteiger partial charge is 0.399 e. The van der Waals surface area contributed by atoms with E-state index in [1.807, 2.05) is 32.2 Å². The molecule has 0 unspecified atom stereocenters. The van der Waals surface area contributed by atoms with Crippen LogP contribution in [0, 0.1) is 13.8 Å². The minimum absolute atomic E-state index is 0.634. The van der Waals surface area contributed by atoms with Crippen molar-refractivity contribution in [2.45, 2.75) is 74.8 Å². The summed E-state index contributed by atoms with van der Waals surface area (Å²) in [5.41, 5.74) is 16.7. The molecule has 0 aromatic heterocycles. The first kappa shape index (κ1) is 30.6. The Morgan fingerprint density at radius 3 is 2.03 bits per heavy atom. The normalized spacial score (nSPS) is 10.8. The van der Waals surface area contributed by atoms with Crippen LogP contribution < -0.4 is 5.73 Å². The molecule has 0 atom stereocenters. The number of hydrogen-bond donors (Lipinski definition) is 1. The first-order valence-corrected chi connectivity index (χ1v) is 12.9. The Morgan fingerprint density at radius 2 is 1.50 bits per heavy atom. The number of nitrogens with zero attached hydrogens (tertiary/aromatic N) is 2. The second kappa shape index (κ2) is 16.3. The monoisotopic (exact) mass is 483 g/mol. The molecule has 3 aromatic carbocycles. The van der Waals surface area contributed by atoms with Gasteiger partial charge in [0.25, 0.3) is 0 Å². The number of aliphatic imine (C=N–C) groups is 2. The van der Waals surface area contributed by atoms with Gasteiger partial charge in [-0.2, -0.15) is 0 Å². The predicted molar refractivity (Wildman–Crippen MR) is 163 cm³/mol. The summed E-state index contributed by atoms with van der Waals surface area (Å²) in [5.74, 6) is 0. The summed E-state index contributed by atoms with van der Waals surface area (Å²) in [6, 6.07) is 20.6. The van der Waals surface area contributed by atoms with Crippen LogP contribution in [0.2, 0.25) is 0 Å². The first-order chi connectivity index (χ1) is 17.2. The van der Waals surface area contributed by atoms with Crippen LogP contribution in [0.3, 0.4) is 0 Å². The summed E-state index contributed by atoms with van der Waals surface area (Å²) in [7, 11) is 0. The Balaban J connectivity index is 0.000000446. The summed E-state index contributed by atoms with van der Waals surface area (Å²) in [6.07, 6.45) is 4.16. The van der Waals surface area contributed by atoms with Gasteiger partial charge in [-0.1, -0.05) is 75.7 Å². The number of aryl methyl sites for hydroxylation is 3. The zero-order valence-corrected chi connectivity index (χ0v) is 23.7. The van der Waals surface area contributed by atoms with Crippen LogP contribution in [0.4, 0.5) is 11.4 Å². The molecule has 3 aromatic rings. The van der Waals surface area contributed by atoms with Crippen molar-refractivity contribution in [3.63, 3.8) is 0 Å². The third kappa shape index (κ3) is 10.0. The van der Waals surface area contributed by atoms with Gasteiger partial charge in [0, 0.05) is 17.6 Å². The molecule has 3 heteroatoms. The predicted octanol–water partition coefficient (Wildman–Crippen LogP) is 9.32. The lowest BCUT2D eigenvalue weighted by Gasteiger charge is -2.12. The fourth-order valence-electron chi connectivity index (χ4n) is 3.57. The summed E-state index contributed by atoms with van der Waals surface area (Å²) < 4.78 is 0. The van der Waals surface area contributed by atoms with E-state index < -0.39 is 0 Å². The maximum absolute atomic E-state index is 5.48. The van der Waals surface area contributed by atoms with E-state index in [9.17, 15) is 0 Å². The van der Waals surface area contributed by atoms with E-state index in [0.717, 1.165) is 34.6 Å². The van der Waals surface area contributed by atoms with E-state index in [2.05, 4.69) is 102 Å². The third-order valence-corrected chi connectivity index (χ3v) is 5.56. The second-order valence-corrected chi connectivity index (χ2v) is 8.98. The van der Waals surface area contributed by atoms with Gasteiger partial charge < -0.3 is 5.73 Å². The van der Waals surface area contributed by atoms with E-state index in [1.54, 1.807) is 0 Å². The molecule has 36 heavy (non-hydrogen) atoms. The molecule has 0 radical (unpaired) electrons. The number of benzene rings is 3. The Hall–Kier alpha value is -3.46. The molecule has 3 rings (SSSR count). The highest BCUT2D eigenvalue weighted by molar-refractivity contribution is 5.99. The summed E-state index contributed by atoms with van der Waals surface area (Å²) in [6.45, 7) is 21.4. The number of hydrogen-bond acceptors (Lipinski definition) is 3. The van der Waals surface area contributed by atoms with Crippen molar-refractivity contribution in [1.29, 1.82) is 0 Å². The molecule has 0 amide bonds. The number of nitrogen functional groups attached to an aromatic ring is 1. The Bertz CT molecular complexity index is 1150. The van der Waals surface area contributed by atoms with E-state index in [-0.39, 0.29) is 0 Å². The van der Waals surface area contributed by atoms with Gasteiger partial charge in [-0.25, -0.2) is 0 Å².